The second kappa shape index (κ2) is 2.61. The molecule has 1 aromatic rings. The van der Waals surface area contributed by atoms with Gasteiger partial charge in [-0.1, -0.05) is 5.16 Å². The number of aliphatic hydroxyl groups excluding tert-OH is 1. The Kier molecular flexibility index (Phi) is 1.81. The van der Waals surface area contributed by atoms with E-state index in [0.29, 0.717) is 5.69 Å². The summed E-state index contributed by atoms with van der Waals surface area (Å²) in [6.07, 6.45) is 0.706. The van der Waals surface area contributed by atoms with Gasteiger partial charge in [0.1, 0.15) is 18.1 Å². The second-order valence-electron chi connectivity index (χ2n) is 1.68. The molecule has 0 aliphatic heterocycles. The number of hydrogen-bond acceptors (Lipinski definition) is 4. The Morgan fingerprint density at radius 1 is 1.89 bits per heavy atom. The molecule has 0 bridgehead atoms. The minimum Gasteiger partial charge on any atom is -0.385 e. The Morgan fingerprint density at radius 3 is 3.11 bits per heavy atom. The lowest BCUT2D eigenvalue weighted by Crippen LogP contribution is -2.11. The lowest BCUT2D eigenvalue weighted by molar-refractivity contribution is 0.176. The van der Waals surface area contributed by atoms with E-state index in [4.69, 9.17) is 10.8 Å². The molecular weight excluding hydrogens is 120 g/mol. The standard InChI is InChI=1S/C5H8N2O2/c6-3-5(8)4-1-2-9-7-4/h1-2,5,8H,3,6H2/t5-/m0/s1. The van der Waals surface area contributed by atoms with E-state index in [1.807, 2.05) is 0 Å². The Morgan fingerprint density at radius 2 is 2.67 bits per heavy atom. The molecule has 0 amide bonds. The molecule has 3 N–H and O–H groups in total. The minimum absolute atomic E-state index is 0.173. The van der Waals surface area contributed by atoms with Crippen LogP contribution in [0, 0.1) is 0 Å². The van der Waals surface area contributed by atoms with Crippen LogP contribution >= 0.6 is 0 Å². The van der Waals surface area contributed by atoms with Crippen molar-refractivity contribution in [3.8, 4) is 0 Å². The van der Waals surface area contributed by atoms with Gasteiger partial charge in [-0.2, -0.15) is 0 Å². The topological polar surface area (TPSA) is 72.3 Å². The van der Waals surface area contributed by atoms with Gasteiger partial charge >= 0.3 is 0 Å². The smallest absolute Gasteiger partial charge is 0.124 e. The minimum atomic E-state index is -0.691. The molecular formula is C5H8N2O2. The molecule has 1 heterocycles. The average Bonchev–Trinajstić information content (AvgIpc) is 2.37. The van der Waals surface area contributed by atoms with Crippen LogP contribution in [-0.2, 0) is 0 Å². The first-order chi connectivity index (χ1) is 4.34. The fourth-order valence-corrected chi connectivity index (χ4v) is 0.515. The third-order valence-corrected chi connectivity index (χ3v) is 1.02. The summed E-state index contributed by atoms with van der Waals surface area (Å²) in [6, 6.07) is 1.58. The van der Waals surface area contributed by atoms with Crippen LogP contribution in [0.4, 0.5) is 0 Å². The highest BCUT2D eigenvalue weighted by Gasteiger charge is 2.06. The zero-order chi connectivity index (χ0) is 6.69. The fourth-order valence-electron chi connectivity index (χ4n) is 0.515. The molecule has 0 unspecified atom stereocenters. The highest BCUT2D eigenvalue weighted by Crippen LogP contribution is 2.05. The third-order valence-electron chi connectivity index (χ3n) is 1.02. The maximum atomic E-state index is 8.97. The van der Waals surface area contributed by atoms with E-state index in [2.05, 4.69) is 9.68 Å². The summed E-state index contributed by atoms with van der Waals surface area (Å²) in [5.41, 5.74) is 5.62. The maximum Gasteiger partial charge on any atom is 0.124 e. The maximum absolute atomic E-state index is 8.97. The van der Waals surface area contributed by atoms with Crippen LogP contribution in [0.15, 0.2) is 16.9 Å². The van der Waals surface area contributed by atoms with Crippen LogP contribution in [0.5, 0.6) is 0 Å². The molecule has 0 fully saturated rings. The molecule has 4 nitrogen and oxygen atoms in total. The fraction of sp³-hybridized carbons (Fsp3) is 0.400. The second-order valence-corrected chi connectivity index (χ2v) is 1.68. The Labute approximate surface area is 52.3 Å². The Bertz CT molecular complexity index is 161. The summed E-state index contributed by atoms with van der Waals surface area (Å²) in [5, 5.41) is 12.5. The third kappa shape index (κ3) is 1.28. The summed E-state index contributed by atoms with van der Waals surface area (Å²) < 4.78 is 4.47. The molecule has 0 aliphatic rings. The first-order valence-corrected chi connectivity index (χ1v) is 2.63. The molecule has 0 aromatic carbocycles. The molecule has 1 atom stereocenters. The molecule has 0 spiro atoms. The van der Waals surface area contributed by atoms with Gasteiger partial charge in [-0.25, -0.2) is 0 Å². The van der Waals surface area contributed by atoms with Crippen molar-refractivity contribution in [2.45, 2.75) is 6.10 Å². The average molecular weight is 128 g/mol. The van der Waals surface area contributed by atoms with Gasteiger partial charge in [-0.15, -0.1) is 0 Å². The van der Waals surface area contributed by atoms with Crippen molar-refractivity contribution in [2.75, 3.05) is 6.54 Å². The van der Waals surface area contributed by atoms with Crippen LogP contribution in [0.3, 0.4) is 0 Å². The molecule has 1 rings (SSSR count). The predicted molar refractivity (Wildman–Crippen MR) is 30.5 cm³/mol. The van der Waals surface area contributed by atoms with Crippen molar-refractivity contribution in [1.82, 2.24) is 5.16 Å². The quantitative estimate of drug-likeness (QED) is 0.571. The zero-order valence-corrected chi connectivity index (χ0v) is 4.82. The Hall–Kier alpha value is -0.870. The molecule has 0 saturated carbocycles. The normalized spacial score (nSPS) is 13.6. The highest BCUT2D eigenvalue weighted by atomic mass is 16.5. The van der Waals surface area contributed by atoms with E-state index in [0.717, 1.165) is 0 Å². The summed E-state index contributed by atoms with van der Waals surface area (Å²) in [6.45, 7) is 0.173. The van der Waals surface area contributed by atoms with Crippen LogP contribution in [0.25, 0.3) is 0 Å². The molecule has 4 heteroatoms. The van der Waals surface area contributed by atoms with Crippen molar-refractivity contribution in [1.29, 1.82) is 0 Å². The van der Waals surface area contributed by atoms with Crippen LogP contribution < -0.4 is 5.73 Å². The first kappa shape index (κ1) is 6.25. The van der Waals surface area contributed by atoms with Crippen molar-refractivity contribution >= 4 is 0 Å². The van der Waals surface area contributed by atoms with Crippen molar-refractivity contribution in [3.63, 3.8) is 0 Å². The first-order valence-electron chi connectivity index (χ1n) is 2.63. The lowest BCUT2D eigenvalue weighted by Gasteiger charge is -1.99. The molecule has 0 saturated heterocycles. The highest BCUT2D eigenvalue weighted by molar-refractivity contribution is 4.99. The van der Waals surface area contributed by atoms with Crippen molar-refractivity contribution < 1.29 is 9.63 Å². The monoisotopic (exact) mass is 128 g/mol. The predicted octanol–water partition coefficient (Wildman–Crippen LogP) is -0.333. The van der Waals surface area contributed by atoms with E-state index < -0.39 is 6.10 Å². The summed E-state index contributed by atoms with van der Waals surface area (Å²) in [7, 11) is 0. The van der Waals surface area contributed by atoms with Gasteiger partial charge in [0.2, 0.25) is 0 Å². The molecule has 0 aliphatic carbocycles. The van der Waals surface area contributed by atoms with E-state index in [1.165, 1.54) is 6.26 Å². The van der Waals surface area contributed by atoms with Gasteiger partial charge in [-0.3, -0.25) is 0 Å². The largest absolute Gasteiger partial charge is 0.385 e. The summed E-state index contributed by atoms with van der Waals surface area (Å²) in [4.78, 5) is 0. The van der Waals surface area contributed by atoms with Gasteiger partial charge < -0.3 is 15.4 Å². The van der Waals surface area contributed by atoms with Gasteiger partial charge in [-0.05, 0) is 0 Å². The van der Waals surface area contributed by atoms with E-state index in [1.54, 1.807) is 6.07 Å². The summed E-state index contributed by atoms with van der Waals surface area (Å²) in [5.74, 6) is 0. The number of nitrogens with two attached hydrogens (primary N) is 1. The number of aliphatic hydroxyl groups is 1. The number of aromatic nitrogens is 1. The van der Waals surface area contributed by atoms with Crippen LogP contribution in [0.2, 0.25) is 0 Å². The Balaban J connectivity index is 2.65. The molecule has 50 valence electrons. The molecule has 9 heavy (non-hydrogen) atoms. The molecule has 1 aromatic heterocycles. The number of rotatable bonds is 2. The number of hydrogen-bond donors (Lipinski definition) is 2. The summed E-state index contributed by atoms with van der Waals surface area (Å²) >= 11 is 0. The van der Waals surface area contributed by atoms with Crippen LogP contribution in [-0.4, -0.2) is 16.8 Å². The van der Waals surface area contributed by atoms with Gasteiger partial charge in [0.15, 0.2) is 0 Å². The lowest BCUT2D eigenvalue weighted by atomic mass is 10.3. The van der Waals surface area contributed by atoms with Crippen molar-refractivity contribution in [3.05, 3.63) is 18.0 Å². The van der Waals surface area contributed by atoms with Gasteiger partial charge in [0.05, 0.1) is 0 Å². The van der Waals surface area contributed by atoms with E-state index >= 15 is 0 Å². The van der Waals surface area contributed by atoms with Crippen LogP contribution in [0.1, 0.15) is 11.8 Å². The van der Waals surface area contributed by atoms with Gasteiger partial charge in [0.25, 0.3) is 0 Å². The van der Waals surface area contributed by atoms with Gasteiger partial charge in [0, 0.05) is 12.6 Å². The van der Waals surface area contributed by atoms with E-state index in [-0.39, 0.29) is 6.54 Å². The van der Waals surface area contributed by atoms with E-state index in [9.17, 15) is 0 Å². The molecule has 0 radical (unpaired) electrons. The number of nitrogens with zero attached hydrogens (tertiary/aromatic N) is 1. The van der Waals surface area contributed by atoms with Crippen molar-refractivity contribution in [2.24, 2.45) is 5.73 Å². The SMILES string of the molecule is NC[C@H](O)c1ccon1. The zero-order valence-electron chi connectivity index (χ0n) is 4.82.